The van der Waals surface area contributed by atoms with Crippen LogP contribution < -0.4 is 4.90 Å². The zero-order chi connectivity index (χ0) is 6.69. The second-order valence-corrected chi connectivity index (χ2v) is 2.38. The van der Waals surface area contributed by atoms with Gasteiger partial charge in [-0.3, -0.25) is 4.90 Å². The maximum absolute atomic E-state index is 3.66. The molecule has 0 saturated heterocycles. The standard InChI is InChI=1S/C7H12N2/c1-3-4-9-6-5-8(2)7-9/h3,5-6H,1,4,7H2,2H3/p+1. The molecule has 0 saturated carbocycles. The highest BCUT2D eigenvalue weighted by molar-refractivity contribution is 4.83. The van der Waals surface area contributed by atoms with E-state index in [1.807, 2.05) is 6.08 Å². The minimum absolute atomic E-state index is 0.966. The predicted molar refractivity (Wildman–Crippen MR) is 37.8 cm³/mol. The van der Waals surface area contributed by atoms with E-state index in [4.69, 9.17) is 0 Å². The van der Waals surface area contributed by atoms with Gasteiger partial charge in [0.05, 0.1) is 13.2 Å². The monoisotopic (exact) mass is 125 g/mol. The largest absolute Gasteiger partial charge is 0.322 e. The summed E-state index contributed by atoms with van der Waals surface area (Å²) in [6.07, 6.45) is 6.17. The fourth-order valence-corrected chi connectivity index (χ4v) is 0.950. The average molecular weight is 125 g/mol. The van der Waals surface area contributed by atoms with Crippen LogP contribution in [0.3, 0.4) is 0 Å². The van der Waals surface area contributed by atoms with Crippen molar-refractivity contribution >= 4 is 0 Å². The molecular formula is C7H13N2+. The van der Waals surface area contributed by atoms with Crippen LogP contribution in [0.5, 0.6) is 0 Å². The Morgan fingerprint density at radius 1 is 1.89 bits per heavy atom. The highest BCUT2D eigenvalue weighted by Gasteiger charge is 2.09. The van der Waals surface area contributed by atoms with Gasteiger partial charge in [0.15, 0.2) is 6.67 Å². The molecule has 2 nitrogen and oxygen atoms in total. The first kappa shape index (κ1) is 6.36. The molecule has 50 valence electrons. The van der Waals surface area contributed by atoms with Crippen molar-refractivity contribution in [1.82, 2.24) is 4.90 Å². The van der Waals surface area contributed by atoms with Gasteiger partial charge in [-0.25, -0.2) is 0 Å². The van der Waals surface area contributed by atoms with E-state index >= 15 is 0 Å². The van der Waals surface area contributed by atoms with E-state index in [2.05, 4.69) is 30.9 Å². The fraction of sp³-hybridized carbons (Fsp3) is 0.429. The summed E-state index contributed by atoms with van der Waals surface area (Å²) in [6, 6.07) is 0. The van der Waals surface area contributed by atoms with E-state index in [0.717, 1.165) is 13.2 Å². The summed E-state index contributed by atoms with van der Waals surface area (Å²) in [5, 5.41) is 0. The van der Waals surface area contributed by atoms with Crippen molar-refractivity contribution in [3.63, 3.8) is 0 Å². The van der Waals surface area contributed by atoms with Gasteiger partial charge in [0, 0.05) is 6.54 Å². The number of nitrogens with one attached hydrogen (secondary N) is 1. The first-order valence-corrected chi connectivity index (χ1v) is 3.18. The molecule has 1 atom stereocenters. The first-order valence-electron chi connectivity index (χ1n) is 3.18. The maximum atomic E-state index is 3.66. The van der Waals surface area contributed by atoms with Crippen molar-refractivity contribution in [3.05, 3.63) is 25.1 Å². The lowest BCUT2D eigenvalue weighted by Gasteiger charge is -2.10. The third kappa shape index (κ3) is 1.57. The van der Waals surface area contributed by atoms with Crippen LogP contribution >= 0.6 is 0 Å². The second-order valence-electron chi connectivity index (χ2n) is 2.38. The first-order chi connectivity index (χ1) is 4.33. The Bertz CT molecular complexity index is 129. The third-order valence-electron chi connectivity index (χ3n) is 1.39. The van der Waals surface area contributed by atoms with Gasteiger partial charge in [0.1, 0.15) is 6.20 Å². The minimum Gasteiger partial charge on any atom is -0.322 e. The summed E-state index contributed by atoms with van der Waals surface area (Å²) in [5.41, 5.74) is 0. The van der Waals surface area contributed by atoms with Gasteiger partial charge in [-0.2, -0.15) is 0 Å². The zero-order valence-corrected chi connectivity index (χ0v) is 5.80. The van der Waals surface area contributed by atoms with Crippen molar-refractivity contribution in [1.29, 1.82) is 0 Å². The van der Waals surface area contributed by atoms with Gasteiger partial charge in [0.2, 0.25) is 0 Å². The van der Waals surface area contributed by atoms with Crippen LogP contribution in [0, 0.1) is 0 Å². The van der Waals surface area contributed by atoms with E-state index in [-0.39, 0.29) is 0 Å². The molecule has 1 unspecified atom stereocenters. The van der Waals surface area contributed by atoms with Crippen molar-refractivity contribution in [2.45, 2.75) is 0 Å². The SMILES string of the molecule is C=CCN1C=C[NH+](C)C1. The van der Waals surface area contributed by atoms with E-state index in [1.54, 1.807) is 0 Å². The lowest BCUT2D eigenvalue weighted by molar-refractivity contribution is -0.826. The minimum atomic E-state index is 0.966. The summed E-state index contributed by atoms with van der Waals surface area (Å²) >= 11 is 0. The zero-order valence-electron chi connectivity index (χ0n) is 5.80. The lowest BCUT2D eigenvalue weighted by Crippen LogP contribution is -3.03. The quantitative estimate of drug-likeness (QED) is 0.486. The lowest BCUT2D eigenvalue weighted by atomic mass is 10.6. The van der Waals surface area contributed by atoms with Crippen LogP contribution in [0.1, 0.15) is 0 Å². The summed E-state index contributed by atoms with van der Waals surface area (Å²) in [7, 11) is 2.14. The Morgan fingerprint density at radius 3 is 3.11 bits per heavy atom. The molecule has 0 aromatic carbocycles. The van der Waals surface area contributed by atoms with Crippen molar-refractivity contribution in [2.75, 3.05) is 20.3 Å². The highest BCUT2D eigenvalue weighted by Crippen LogP contribution is 1.87. The maximum Gasteiger partial charge on any atom is 0.157 e. The number of hydrogen-bond donors (Lipinski definition) is 1. The van der Waals surface area contributed by atoms with Crippen LogP contribution in [0.25, 0.3) is 0 Å². The summed E-state index contributed by atoms with van der Waals surface area (Å²) < 4.78 is 0. The molecule has 1 rings (SSSR count). The molecule has 0 aliphatic carbocycles. The average Bonchev–Trinajstić information content (AvgIpc) is 2.17. The van der Waals surface area contributed by atoms with Crippen LogP contribution in [-0.2, 0) is 0 Å². The molecule has 0 bridgehead atoms. The molecule has 0 amide bonds. The molecule has 0 spiro atoms. The van der Waals surface area contributed by atoms with E-state index in [9.17, 15) is 0 Å². The van der Waals surface area contributed by atoms with Gasteiger partial charge in [0.25, 0.3) is 0 Å². The summed E-state index contributed by atoms with van der Waals surface area (Å²) in [5.74, 6) is 0. The van der Waals surface area contributed by atoms with Gasteiger partial charge in [-0.1, -0.05) is 6.08 Å². The smallest absolute Gasteiger partial charge is 0.157 e. The predicted octanol–water partition coefficient (Wildman–Crippen LogP) is -0.569. The molecule has 0 aromatic rings. The molecule has 0 fully saturated rings. The second kappa shape index (κ2) is 2.69. The Morgan fingerprint density at radius 2 is 2.67 bits per heavy atom. The molecule has 1 aliphatic rings. The highest BCUT2D eigenvalue weighted by atomic mass is 15.3. The van der Waals surface area contributed by atoms with Crippen LogP contribution in [0.4, 0.5) is 0 Å². The normalized spacial score (nSPS) is 25.0. The van der Waals surface area contributed by atoms with E-state index < -0.39 is 0 Å². The van der Waals surface area contributed by atoms with Crippen molar-refractivity contribution in [3.8, 4) is 0 Å². The molecule has 1 aliphatic heterocycles. The molecule has 1 N–H and O–H groups in total. The number of hydrogen-bond acceptors (Lipinski definition) is 1. The van der Waals surface area contributed by atoms with Crippen molar-refractivity contribution < 1.29 is 4.90 Å². The van der Waals surface area contributed by atoms with Crippen molar-refractivity contribution in [2.24, 2.45) is 0 Å². The molecule has 1 heterocycles. The molecule has 0 radical (unpaired) electrons. The molecular weight excluding hydrogens is 112 g/mol. The van der Waals surface area contributed by atoms with Gasteiger partial charge in [-0.15, -0.1) is 6.58 Å². The molecule has 2 heteroatoms. The Balaban J connectivity index is 2.31. The summed E-state index contributed by atoms with van der Waals surface area (Å²) in [4.78, 5) is 3.65. The Labute approximate surface area is 56.1 Å². The number of rotatable bonds is 2. The number of quaternary nitrogens is 1. The Kier molecular flexibility index (Phi) is 1.90. The summed E-state index contributed by atoms with van der Waals surface area (Å²) in [6.45, 7) is 5.71. The molecule has 9 heavy (non-hydrogen) atoms. The van der Waals surface area contributed by atoms with Gasteiger partial charge < -0.3 is 4.90 Å². The van der Waals surface area contributed by atoms with Crippen LogP contribution in [-0.4, -0.2) is 25.2 Å². The van der Waals surface area contributed by atoms with E-state index in [0.29, 0.717) is 0 Å². The van der Waals surface area contributed by atoms with E-state index in [1.165, 1.54) is 4.90 Å². The van der Waals surface area contributed by atoms with Crippen LogP contribution in [0.15, 0.2) is 25.1 Å². The Hall–Kier alpha value is -0.760. The van der Waals surface area contributed by atoms with Crippen LogP contribution in [0.2, 0.25) is 0 Å². The van der Waals surface area contributed by atoms with Gasteiger partial charge in [-0.05, 0) is 0 Å². The number of nitrogens with zero attached hydrogens (tertiary/aromatic N) is 1. The third-order valence-corrected chi connectivity index (χ3v) is 1.39. The topological polar surface area (TPSA) is 7.68 Å². The van der Waals surface area contributed by atoms with Gasteiger partial charge >= 0.3 is 0 Å². The fourth-order valence-electron chi connectivity index (χ4n) is 0.950. The molecule has 0 aromatic heterocycles.